The number of hydrogen-bond acceptors (Lipinski definition) is 5. The third-order valence-corrected chi connectivity index (χ3v) is 2.17. The topological polar surface area (TPSA) is 96.5 Å². The normalized spacial score (nSPS) is 11.3. The second kappa shape index (κ2) is 5.13. The molecule has 2 N–H and O–H groups in total. The van der Waals surface area contributed by atoms with E-state index in [1.54, 1.807) is 18.6 Å². The average molecular weight is 260 g/mol. The highest BCUT2D eigenvalue weighted by atomic mass is 16.1. The number of aromatic amines is 1. The van der Waals surface area contributed by atoms with Crippen LogP contribution in [-0.2, 0) is 11.2 Å². The van der Waals surface area contributed by atoms with E-state index < -0.39 is 0 Å². The van der Waals surface area contributed by atoms with Gasteiger partial charge >= 0.3 is 0 Å². The summed E-state index contributed by atoms with van der Waals surface area (Å²) in [5, 5.41) is 9.61. The SMILES string of the molecule is CC(C)(C)NC(=O)Cc1nc(-c2cnccn2)n[nH]1. The molecule has 100 valence electrons. The van der Waals surface area contributed by atoms with E-state index in [4.69, 9.17) is 0 Å². The van der Waals surface area contributed by atoms with Gasteiger partial charge in [-0.15, -0.1) is 0 Å². The minimum atomic E-state index is -0.259. The van der Waals surface area contributed by atoms with Crippen molar-refractivity contribution in [3.8, 4) is 11.5 Å². The van der Waals surface area contributed by atoms with Gasteiger partial charge in [0.15, 0.2) is 0 Å². The summed E-state index contributed by atoms with van der Waals surface area (Å²) in [7, 11) is 0. The van der Waals surface area contributed by atoms with Gasteiger partial charge in [0.1, 0.15) is 11.5 Å². The molecule has 7 nitrogen and oxygen atoms in total. The minimum absolute atomic E-state index is 0.102. The van der Waals surface area contributed by atoms with Gasteiger partial charge in [-0.05, 0) is 20.8 Å². The van der Waals surface area contributed by atoms with Crippen LogP contribution in [0.15, 0.2) is 18.6 Å². The molecule has 0 aliphatic carbocycles. The van der Waals surface area contributed by atoms with Crippen molar-refractivity contribution in [2.45, 2.75) is 32.7 Å². The van der Waals surface area contributed by atoms with Crippen LogP contribution < -0.4 is 5.32 Å². The van der Waals surface area contributed by atoms with Gasteiger partial charge in [-0.2, -0.15) is 5.10 Å². The van der Waals surface area contributed by atoms with Crippen LogP contribution in [-0.4, -0.2) is 36.6 Å². The molecule has 2 aromatic heterocycles. The van der Waals surface area contributed by atoms with Crippen molar-refractivity contribution in [3.05, 3.63) is 24.4 Å². The largest absolute Gasteiger partial charge is 0.351 e. The molecule has 0 bridgehead atoms. The lowest BCUT2D eigenvalue weighted by molar-refractivity contribution is -0.121. The van der Waals surface area contributed by atoms with Crippen molar-refractivity contribution < 1.29 is 4.79 Å². The maximum absolute atomic E-state index is 11.7. The number of amides is 1. The lowest BCUT2D eigenvalue weighted by Gasteiger charge is -2.19. The fourth-order valence-corrected chi connectivity index (χ4v) is 1.52. The van der Waals surface area contributed by atoms with E-state index in [-0.39, 0.29) is 17.9 Å². The molecule has 2 aromatic rings. The third-order valence-electron chi connectivity index (χ3n) is 2.17. The summed E-state index contributed by atoms with van der Waals surface area (Å²) in [5.74, 6) is 0.836. The smallest absolute Gasteiger partial charge is 0.228 e. The Hall–Kier alpha value is -2.31. The number of aromatic nitrogens is 5. The minimum Gasteiger partial charge on any atom is -0.351 e. The molecule has 0 aliphatic rings. The maximum Gasteiger partial charge on any atom is 0.228 e. The van der Waals surface area contributed by atoms with Crippen LogP contribution in [0.1, 0.15) is 26.6 Å². The highest BCUT2D eigenvalue weighted by Gasteiger charge is 2.16. The van der Waals surface area contributed by atoms with Gasteiger partial charge in [0.05, 0.1) is 12.6 Å². The van der Waals surface area contributed by atoms with E-state index in [1.807, 2.05) is 20.8 Å². The predicted octanol–water partition coefficient (Wildman–Crippen LogP) is 0.719. The molecule has 0 saturated carbocycles. The monoisotopic (exact) mass is 260 g/mol. The Morgan fingerprint density at radius 3 is 2.79 bits per heavy atom. The average Bonchev–Trinajstić information content (AvgIpc) is 2.76. The third kappa shape index (κ3) is 3.84. The maximum atomic E-state index is 11.7. The summed E-state index contributed by atoms with van der Waals surface area (Å²) in [6.07, 6.45) is 4.87. The van der Waals surface area contributed by atoms with Crippen molar-refractivity contribution in [2.75, 3.05) is 0 Å². The van der Waals surface area contributed by atoms with E-state index in [2.05, 4.69) is 30.5 Å². The first-order valence-corrected chi connectivity index (χ1v) is 5.93. The van der Waals surface area contributed by atoms with Crippen LogP contribution in [0.4, 0.5) is 0 Å². The number of rotatable bonds is 3. The molecule has 0 aliphatic heterocycles. The van der Waals surface area contributed by atoms with Gasteiger partial charge in [-0.25, -0.2) is 9.97 Å². The predicted molar refractivity (Wildman–Crippen MR) is 69.0 cm³/mol. The highest BCUT2D eigenvalue weighted by Crippen LogP contribution is 2.09. The lowest BCUT2D eigenvalue weighted by Crippen LogP contribution is -2.41. The summed E-state index contributed by atoms with van der Waals surface area (Å²) >= 11 is 0. The number of nitrogens with one attached hydrogen (secondary N) is 2. The van der Waals surface area contributed by atoms with E-state index in [0.717, 1.165) is 0 Å². The Kier molecular flexibility index (Phi) is 3.55. The number of hydrogen-bond donors (Lipinski definition) is 2. The van der Waals surface area contributed by atoms with E-state index in [9.17, 15) is 4.79 Å². The zero-order valence-electron chi connectivity index (χ0n) is 11.1. The van der Waals surface area contributed by atoms with Gasteiger partial charge in [0, 0.05) is 17.9 Å². The Balaban J connectivity index is 2.04. The molecule has 2 rings (SSSR count). The summed E-state index contributed by atoms with van der Waals surface area (Å²) in [5.41, 5.74) is 0.311. The Morgan fingerprint density at radius 2 is 2.16 bits per heavy atom. The molecule has 0 spiro atoms. The molecule has 0 unspecified atom stereocenters. The molecular weight excluding hydrogens is 244 g/mol. The molecule has 0 radical (unpaired) electrons. The summed E-state index contributed by atoms with van der Waals surface area (Å²) in [4.78, 5) is 24.0. The first kappa shape index (κ1) is 13.1. The van der Waals surface area contributed by atoms with Crippen LogP contribution in [0.25, 0.3) is 11.5 Å². The van der Waals surface area contributed by atoms with E-state index >= 15 is 0 Å². The molecule has 2 heterocycles. The van der Waals surface area contributed by atoms with Gasteiger partial charge in [0.2, 0.25) is 11.7 Å². The fraction of sp³-hybridized carbons (Fsp3) is 0.417. The van der Waals surface area contributed by atoms with Gasteiger partial charge in [0.25, 0.3) is 0 Å². The van der Waals surface area contributed by atoms with Gasteiger partial charge < -0.3 is 5.32 Å². The second-order valence-electron chi connectivity index (χ2n) is 5.17. The molecule has 7 heteroatoms. The Morgan fingerprint density at radius 1 is 1.37 bits per heavy atom. The molecule has 1 amide bonds. The molecule has 0 saturated heterocycles. The zero-order chi connectivity index (χ0) is 13.9. The molecule has 0 fully saturated rings. The van der Waals surface area contributed by atoms with Gasteiger partial charge in [-0.3, -0.25) is 14.9 Å². The molecule has 0 atom stereocenters. The van der Waals surface area contributed by atoms with E-state index in [0.29, 0.717) is 17.3 Å². The standard InChI is InChI=1S/C12H16N6O/c1-12(2,3)16-10(19)6-9-15-11(18-17-9)8-7-13-4-5-14-8/h4-5,7H,6H2,1-3H3,(H,16,19)(H,15,17,18). The number of carbonyl (C=O) groups is 1. The van der Waals surface area contributed by atoms with Crippen LogP contribution in [0.2, 0.25) is 0 Å². The Bertz CT molecular complexity index is 557. The number of carbonyl (C=O) groups excluding carboxylic acids is 1. The van der Waals surface area contributed by atoms with Crippen LogP contribution >= 0.6 is 0 Å². The van der Waals surface area contributed by atoms with Crippen molar-refractivity contribution >= 4 is 5.91 Å². The van der Waals surface area contributed by atoms with E-state index in [1.165, 1.54) is 0 Å². The quantitative estimate of drug-likeness (QED) is 0.847. The summed E-state index contributed by atoms with van der Waals surface area (Å²) in [6.45, 7) is 5.78. The van der Waals surface area contributed by atoms with Crippen molar-refractivity contribution in [3.63, 3.8) is 0 Å². The summed E-state index contributed by atoms with van der Waals surface area (Å²) < 4.78 is 0. The fourth-order valence-electron chi connectivity index (χ4n) is 1.52. The number of H-pyrrole nitrogens is 1. The first-order valence-electron chi connectivity index (χ1n) is 5.93. The molecule has 0 aromatic carbocycles. The highest BCUT2D eigenvalue weighted by molar-refractivity contribution is 5.78. The lowest BCUT2D eigenvalue weighted by atomic mass is 10.1. The molecule has 19 heavy (non-hydrogen) atoms. The first-order chi connectivity index (χ1) is 8.94. The van der Waals surface area contributed by atoms with Crippen LogP contribution in [0.3, 0.4) is 0 Å². The van der Waals surface area contributed by atoms with Crippen LogP contribution in [0, 0.1) is 0 Å². The number of nitrogens with zero attached hydrogens (tertiary/aromatic N) is 4. The Labute approximate surface area is 110 Å². The molecular formula is C12H16N6O. The van der Waals surface area contributed by atoms with Crippen LogP contribution in [0.5, 0.6) is 0 Å². The second-order valence-corrected chi connectivity index (χ2v) is 5.17. The van der Waals surface area contributed by atoms with Gasteiger partial charge in [-0.1, -0.05) is 0 Å². The zero-order valence-corrected chi connectivity index (χ0v) is 11.1. The van der Waals surface area contributed by atoms with Crippen molar-refractivity contribution in [1.29, 1.82) is 0 Å². The van der Waals surface area contributed by atoms with Crippen molar-refractivity contribution in [2.24, 2.45) is 0 Å². The summed E-state index contributed by atoms with van der Waals surface area (Å²) in [6, 6.07) is 0. The van der Waals surface area contributed by atoms with Crippen molar-refractivity contribution in [1.82, 2.24) is 30.5 Å².